The fourth-order valence-corrected chi connectivity index (χ4v) is 4.98. The summed E-state index contributed by atoms with van der Waals surface area (Å²) >= 11 is 0. The third-order valence-corrected chi connectivity index (χ3v) is 7.01. The Morgan fingerprint density at radius 3 is 2.21 bits per heavy atom. The molecule has 1 unspecified atom stereocenters. The maximum absolute atomic E-state index is 12.4. The number of aromatic carboxylic acids is 1. The van der Waals surface area contributed by atoms with E-state index in [0.29, 0.717) is 11.5 Å². The second-order valence-corrected chi connectivity index (χ2v) is 10.3. The quantitative estimate of drug-likeness (QED) is 0.349. The van der Waals surface area contributed by atoms with Gasteiger partial charge in [-0.05, 0) is 64.1 Å². The number of hydrogen-bond acceptors (Lipinski definition) is 2. The second kappa shape index (κ2) is 8.57. The van der Waals surface area contributed by atoms with Gasteiger partial charge in [0.25, 0.3) is 0 Å². The molecular formula is C31H29NO2. The lowest BCUT2D eigenvalue weighted by Gasteiger charge is -2.36. The number of fused-ring (bicyclic) bond motifs is 2. The highest BCUT2D eigenvalue weighted by Crippen LogP contribution is 2.44. The summed E-state index contributed by atoms with van der Waals surface area (Å²) in [5.41, 5.74) is 7.47. The highest BCUT2D eigenvalue weighted by atomic mass is 16.4. The Morgan fingerprint density at radius 1 is 0.882 bits per heavy atom. The molecule has 3 nitrogen and oxygen atoms in total. The van der Waals surface area contributed by atoms with E-state index in [1.807, 2.05) is 42.5 Å². The lowest BCUT2D eigenvalue weighted by Crippen LogP contribution is -2.28. The predicted molar refractivity (Wildman–Crippen MR) is 140 cm³/mol. The average Bonchev–Trinajstić information content (AvgIpc) is 2.83. The Hall–Kier alpha value is -3.72. The van der Waals surface area contributed by atoms with Crippen molar-refractivity contribution in [2.24, 2.45) is 11.3 Å². The minimum absolute atomic E-state index is 0.0510. The van der Waals surface area contributed by atoms with Gasteiger partial charge >= 0.3 is 5.97 Å². The lowest BCUT2D eigenvalue weighted by molar-refractivity contribution is 0.0696. The zero-order valence-corrected chi connectivity index (χ0v) is 19.9. The van der Waals surface area contributed by atoms with Crippen molar-refractivity contribution >= 4 is 28.5 Å². The molecule has 170 valence electrons. The molecule has 0 bridgehead atoms. The van der Waals surface area contributed by atoms with Gasteiger partial charge in [0.2, 0.25) is 0 Å². The van der Waals surface area contributed by atoms with Gasteiger partial charge in [-0.2, -0.15) is 0 Å². The van der Waals surface area contributed by atoms with Crippen molar-refractivity contribution in [3.8, 4) is 11.1 Å². The van der Waals surface area contributed by atoms with Gasteiger partial charge in [-0.15, -0.1) is 0 Å². The van der Waals surface area contributed by atoms with E-state index in [2.05, 4.69) is 63.2 Å². The average molecular weight is 448 g/mol. The zero-order valence-electron chi connectivity index (χ0n) is 19.9. The van der Waals surface area contributed by atoms with Crippen LogP contribution < -0.4 is 0 Å². The van der Waals surface area contributed by atoms with E-state index in [1.165, 1.54) is 11.1 Å². The molecule has 0 amide bonds. The third-order valence-electron chi connectivity index (χ3n) is 7.01. The van der Waals surface area contributed by atoms with E-state index >= 15 is 0 Å². The molecule has 1 heterocycles. The van der Waals surface area contributed by atoms with Crippen molar-refractivity contribution in [1.29, 1.82) is 0 Å². The summed E-state index contributed by atoms with van der Waals surface area (Å²) in [5, 5.41) is 10.9. The topological polar surface area (TPSA) is 50.2 Å². The number of nitrogens with zero attached hydrogens (tertiary/aromatic N) is 1. The van der Waals surface area contributed by atoms with E-state index in [9.17, 15) is 9.90 Å². The van der Waals surface area contributed by atoms with Crippen molar-refractivity contribution in [2.45, 2.75) is 33.6 Å². The normalized spacial score (nSPS) is 17.0. The molecule has 0 fully saturated rings. The van der Waals surface area contributed by atoms with E-state index < -0.39 is 5.97 Å². The lowest BCUT2D eigenvalue weighted by atomic mass is 9.69. The largest absolute Gasteiger partial charge is 0.478 e. The number of rotatable bonds is 3. The van der Waals surface area contributed by atoms with Gasteiger partial charge in [-0.25, -0.2) is 9.78 Å². The standard InChI is InChI=1S/C31H29NO2/c1-31(2,3)24-18-23(17-20-13-15-22(16-14-20)21-9-5-4-6-10-21)29-26(19-24)28(30(33)34)25-11-7-8-12-27(25)32-29/h4-17,24H,18-19H2,1-3H3,(H,33,34). The molecule has 3 heteroatoms. The summed E-state index contributed by atoms with van der Waals surface area (Å²) in [6, 6.07) is 26.5. The van der Waals surface area contributed by atoms with E-state index in [1.54, 1.807) is 0 Å². The molecular weight excluding hydrogens is 418 g/mol. The number of carboxylic acid groups (broad SMARTS) is 1. The monoisotopic (exact) mass is 447 g/mol. The van der Waals surface area contributed by atoms with Gasteiger partial charge in [0.05, 0.1) is 16.8 Å². The number of allylic oxidation sites excluding steroid dienone is 1. The zero-order chi connectivity index (χ0) is 23.9. The highest BCUT2D eigenvalue weighted by Gasteiger charge is 2.35. The Morgan fingerprint density at radius 2 is 1.53 bits per heavy atom. The molecule has 1 aliphatic carbocycles. The first-order chi connectivity index (χ1) is 16.3. The molecule has 0 saturated carbocycles. The molecule has 0 radical (unpaired) electrons. The van der Waals surface area contributed by atoms with Crippen molar-refractivity contribution in [3.63, 3.8) is 0 Å². The summed E-state index contributed by atoms with van der Waals surface area (Å²) in [6.45, 7) is 6.72. The molecule has 1 aromatic heterocycles. The fraction of sp³-hybridized carbons (Fsp3) is 0.226. The van der Waals surface area contributed by atoms with Crippen molar-refractivity contribution < 1.29 is 9.90 Å². The van der Waals surface area contributed by atoms with Crippen LogP contribution in [0.5, 0.6) is 0 Å². The molecule has 4 aromatic rings. The van der Waals surface area contributed by atoms with Crippen LogP contribution in [0.3, 0.4) is 0 Å². The molecule has 1 N–H and O–H groups in total. The molecule has 3 aromatic carbocycles. The van der Waals surface area contributed by atoms with Crippen molar-refractivity contribution in [1.82, 2.24) is 4.98 Å². The molecule has 1 aliphatic rings. The number of hydrogen-bond donors (Lipinski definition) is 1. The smallest absolute Gasteiger partial charge is 0.336 e. The van der Waals surface area contributed by atoms with E-state index in [0.717, 1.165) is 46.1 Å². The van der Waals surface area contributed by atoms with Crippen LogP contribution in [0.4, 0.5) is 0 Å². The maximum Gasteiger partial charge on any atom is 0.336 e. The third kappa shape index (κ3) is 4.14. The van der Waals surface area contributed by atoms with Crippen molar-refractivity contribution in [2.75, 3.05) is 0 Å². The molecule has 1 atom stereocenters. The first-order valence-electron chi connectivity index (χ1n) is 11.8. The Bertz CT molecular complexity index is 1390. The maximum atomic E-state index is 12.4. The summed E-state index contributed by atoms with van der Waals surface area (Å²) in [4.78, 5) is 17.4. The van der Waals surface area contributed by atoms with Crippen LogP contribution in [0.1, 0.15) is 54.4 Å². The van der Waals surface area contributed by atoms with Crippen LogP contribution in [0.15, 0.2) is 78.9 Å². The van der Waals surface area contributed by atoms with E-state index in [-0.39, 0.29) is 5.41 Å². The Balaban J connectivity index is 1.66. The second-order valence-electron chi connectivity index (χ2n) is 10.3. The first kappa shape index (κ1) is 22.1. The molecule has 0 spiro atoms. The molecule has 5 rings (SSSR count). The minimum atomic E-state index is -0.879. The highest BCUT2D eigenvalue weighted by molar-refractivity contribution is 6.06. The predicted octanol–water partition coefficient (Wildman–Crippen LogP) is 7.75. The van der Waals surface area contributed by atoms with Gasteiger partial charge in [0.15, 0.2) is 0 Å². The van der Waals surface area contributed by atoms with Gasteiger partial charge in [0, 0.05) is 5.39 Å². The van der Waals surface area contributed by atoms with Gasteiger partial charge in [0.1, 0.15) is 0 Å². The molecule has 0 saturated heterocycles. The Labute approximate surface area is 200 Å². The number of aromatic nitrogens is 1. The van der Waals surface area contributed by atoms with Crippen LogP contribution in [0.2, 0.25) is 0 Å². The summed E-state index contributed by atoms with van der Waals surface area (Å²) < 4.78 is 0. The van der Waals surface area contributed by atoms with E-state index in [4.69, 9.17) is 4.98 Å². The first-order valence-corrected chi connectivity index (χ1v) is 11.8. The fourth-order valence-electron chi connectivity index (χ4n) is 4.98. The Kier molecular flexibility index (Phi) is 5.57. The number of carbonyl (C=O) groups is 1. The number of benzene rings is 3. The van der Waals surface area contributed by atoms with Crippen LogP contribution in [0.25, 0.3) is 33.7 Å². The van der Waals surface area contributed by atoms with Gasteiger partial charge in [-0.3, -0.25) is 0 Å². The summed E-state index contributed by atoms with van der Waals surface area (Å²) in [6.07, 6.45) is 3.79. The molecule has 0 aliphatic heterocycles. The van der Waals surface area contributed by atoms with Gasteiger partial charge in [-0.1, -0.05) is 93.6 Å². The number of para-hydroxylation sites is 1. The van der Waals surface area contributed by atoms with Crippen LogP contribution in [-0.2, 0) is 6.42 Å². The number of pyridine rings is 1. The minimum Gasteiger partial charge on any atom is -0.478 e. The molecule has 34 heavy (non-hydrogen) atoms. The van der Waals surface area contributed by atoms with Crippen LogP contribution in [0, 0.1) is 11.3 Å². The summed E-state index contributed by atoms with van der Waals surface area (Å²) in [5.74, 6) is -0.549. The van der Waals surface area contributed by atoms with Crippen molar-refractivity contribution in [3.05, 3.63) is 101 Å². The number of carboxylic acids is 1. The van der Waals surface area contributed by atoms with Crippen LogP contribution in [-0.4, -0.2) is 16.1 Å². The van der Waals surface area contributed by atoms with Gasteiger partial charge < -0.3 is 5.11 Å². The SMILES string of the molecule is CC(C)(C)C1CC(=Cc2ccc(-c3ccccc3)cc2)c2nc3ccccc3c(C(=O)O)c2C1. The summed E-state index contributed by atoms with van der Waals surface area (Å²) in [7, 11) is 0. The van der Waals surface area contributed by atoms with Crippen LogP contribution >= 0.6 is 0 Å².